The molecular weight excluding hydrogens is 363 g/mol. The van der Waals surface area contributed by atoms with E-state index in [0.717, 1.165) is 25.7 Å². The molecule has 1 unspecified atom stereocenters. The molecule has 0 aromatic heterocycles. The van der Waals surface area contributed by atoms with E-state index >= 15 is 0 Å². The van der Waals surface area contributed by atoms with Gasteiger partial charge in [-0.15, -0.1) is 8.42 Å². The molecule has 0 spiro atoms. The molecule has 0 aromatic carbocycles. The number of hydrogen-bond donors (Lipinski definition) is 2. The van der Waals surface area contributed by atoms with Crippen molar-refractivity contribution in [1.29, 1.82) is 0 Å². The van der Waals surface area contributed by atoms with Crippen molar-refractivity contribution < 1.29 is 36.6 Å². The van der Waals surface area contributed by atoms with E-state index in [1.54, 1.807) is 0 Å². The maximum atomic E-state index is 11.4. The average Bonchev–Trinajstić information content (AvgIpc) is 2.51. The van der Waals surface area contributed by atoms with E-state index in [4.69, 9.17) is 10.2 Å². The molecule has 0 amide bonds. The fraction of sp³-hybridized carbons (Fsp3) is 0.867. The van der Waals surface area contributed by atoms with Crippen LogP contribution in [0.25, 0.3) is 0 Å². The zero-order valence-electron chi connectivity index (χ0n) is 14.1. The molecule has 8 nitrogen and oxygen atoms in total. The SMILES string of the molecule is CCCCCCCCCCCC(=O)OS(=O)(=O)OC(=O)C(O)CO.[NaH]. The van der Waals surface area contributed by atoms with Gasteiger partial charge in [0, 0.05) is 6.42 Å². The number of rotatable bonds is 14. The molecule has 0 aliphatic heterocycles. The van der Waals surface area contributed by atoms with Gasteiger partial charge in [-0.05, 0) is 6.42 Å². The van der Waals surface area contributed by atoms with Gasteiger partial charge >= 0.3 is 51.9 Å². The summed E-state index contributed by atoms with van der Waals surface area (Å²) in [7, 11) is -4.87. The van der Waals surface area contributed by atoms with Crippen molar-refractivity contribution >= 4 is 51.9 Å². The van der Waals surface area contributed by atoms with Crippen LogP contribution < -0.4 is 0 Å². The molecule has 0 radical (unpaired) electrons. The van der Waals surface area contributed by atoms with E-state index in [0.29, 0.717) is 6.42 Å². The fourth-order valence-electron chi connectivity index (χ4n) is 1.98. The van der Waals surface area contributed by atoms with Gasteiger partial charge in [-0.2, -0.15) is 0 Å². The second kappa shape index (κ2) is 16.0. The predicted molar refractivity (Wildman–Crippen MR) is 93.2 cm³/mol. The molecule has 0 saturated carbocycles. The van der Waals surface area contributed by atoms with Crippen LogP contribution in [0.2, 0.25) is 0 Å². The van der Waals surface area contributed by atoms with Crippen LogP contribution in [-0.4, -0.2) is 72.8 Å². The summed E-state index contributed by atoms with van der Waals surface area (Å²) in [6, 6.07) is 0. The summed E-state index contributed by atoms with van der Waals surface area (Å²) in [6.07, 6.45) is 7.26. The van der Waals surface area contributed by atoms with Gasteiger partial charge in [-0.25, -0.2) is 4.79 Å². The molecule has 1 atom stereocenters. The second-order valence-corrected chi connectivity index (χ2v) is 6.69. The number of unbranched alkanes of at least 4 members (excludes halogenated alkanes) is 8. The van der Waals surface area contributed by atoms with E-state index in [2.05, 4.69) is 15.3 Å². The molecule has 0 aromatic rings. The molecule has 0 saturated heterocycles. The number of carbonyl (C=O) groups excluding carboxylic acids is 2. The zero-order chi connectivity index (χ0) is 18.4. The monoisotopic (exact) mass is 392 g/mol. The molecule has 10 heteroatoms. The Balaban J connectivity index is 0. The Labute approximate surface area is 171 Å². The molecular formula is C15H29NaO8S. The summed E-state index contributed by atoms with van der Waals surface area (Å²) >= 11 is 0. The third kappa shape index (κ3) is 15.8. The van der Waals surface area contributed by atoms with Gasteiger partial charge in [0.2, 0.25) is 0 Å². The van der Waals surface area contributed by atoms with E-state index in [1.165, 1.54) is 25.7 Å². The van der Waals surface area contributed by atoms with Gasteiger partial charge in [-0.3, -0.25) is 4.79 Å². The van der Waals surface area contributed by atoms with Gasteiger partial charge in [-0.1, -0.05) is 58.3 Å². The van der Waals surface area contributed by atoms with Crippen LogP contribution in [0.1, 0.15) is 71.1 Å². The first-order chi connectivity index (χ1) is 11.3. The molecule has 0 aliphatic rings. The number of aliphatic hydroxyl groups excluding tert-OH is 2. The number of hydrogen-bond acceptors (Lipinski definition) is 8. The Morgan fingerprint density at radius 1 is 0.920 bits per heavy atom. The van der Waals surface area contributed by atoms with Crippen molar-refractivity contribution in [3.63, 3.8) is 0 Å². The third-order valence-corrected chi connectivity index (χ3v) is 4.07. The quantitative estimate of drug-likeness (QED) is 0.330. The zero-order valence-corrected chi connectivity index (χ0v) is 14.9. The van der Waals surface area contributed by atoms with Crippen LogP contribution >= 0.6 is 0 Å². The first kappa shape index (κ1) is 27.0. The summed E-state index contributed by atoms with van der Waals surface area (Å²) in [6.45, 7) is 1.16. The van der Waals surface area contributed by atoms with Gasteiger partial charge in [0.1, 0.15) is 0 Å². The average molecular weight is 392 g/mol. The Bertz CT molecular complexity index is 466. The maximum absolute atomic E-state index is 11.4. The molecule has 0 heterocycles. The predicted octanol–water partition coefficient (Wildman–Crippen LogP) is 0.943. The fourth-order valence-corrected chi connectivity index (χ4v) is 2.64. The summed E-state index contributed by atoms with van der Waals surface area (Å²) in [5.41, 5.74) is 0. The van der Waals surface area contributed by atoms with Crippen LogP contribution in [-0.2, 0) is 28.4 Å². The topological polar surface area (TPSA) is 127 Å². The Kier molecular flexibility index (Phi) is 17.3. The summed E-state index contributed by atoms with van der Waals surface area (Å²) < 4.78 is 30.4. The van der Waals surface area contributed by atoms with E-state index in [9.17, 15) is 18.0 Å². The minimum atomic E-state index is -4.87. The van der Waals surface area contributed by atoms with Crippen LogP contribution in [0.5, 0.6) is 0 Å². The molecule has 0 aliphatic carbocycles. The van der Waals surface area contributed by atoms with Crippen LogP contribution in [0, 0.1) is 0 Å². The van der Waals surface area contributed by atoms with Crippen LogP contribution in [0.4, 0.5) is 0 Å². The normalized spacial score (nSPS) is 12.1. The van der Waals surface area contributed by atoms with Crippen molar-refractivity contribution in [3.8, 4) is 0 Å². The molecule has 0 rings (SSSR count). The van der Waals surface area contributed by atoms with Crippen LogP contribution in [0.15, 0.2) is 0 Å². The van der Waals surface area contributed by atoms with Crippen molar-refractivity contribution in [3.05, 3.63) is 0 Å². The van der Waals surface area contributed by atoms with E-state index in [-0.39, 0.29) is 36.0 Å². The Hall–Kier alpha value is -0.190. The minimum absolute atomic E-state index is 0. The summed E-state index contributed by atoms with van der Waals surface area (Å²) in [4.78, 5) is 22.4. The van der Waals surface area contributed by atoms with Gasteiger partial charge < -0.3 is 18.6 Å². The second-order valence-electron chi connectivity index (χ2n) is 5.54. The third-order valence-electron chi connectivity index (χ3n) is 3.31. The van der Waals surface area contributed by atoms with E-state index < -0.39 is 35.0 Å². The van der Waals surface area contributed by atoms with Gasteiger partial charge in [0.25, 0.3) is 0 Å². The summed E-state index contributed by atoms with van der Waals surface area (Å²) in [5, 5.41) is 17.4. The molecule has 2 N–H and O–H groups in total. The van der Waals surface area contributed by atoms with Gasteiger partial charge in [0.05, 0.1) is 6.61 Å². The van der Waals surface area contributed by atoms with Crippen molar-refractivity contribution in [2.75, 3.05) is 6.61 Å². The van der Waals surface area contributed by atoms with E-state index in [1.807, 2.05) is 0 Å². The molecule has 25 heavy (non-hydrogen) atoms. The summed E-state index contributed by atoms with van der Waals surface area (Å²) in [5.74, 6) is -2.63. The number of aliphatic hydroxyl groups is 2. The van der Waals surface area contributed by atoms with Gasteiger partial charge in [0.15, 0.2) is 6.10 Å². The first-order valence-electron chi connectivity index (χ1n) is 8.32. The Morgan fingerprint density at radius 3 is 1.88 bits per heavy atom. The molecule has 0 bridgehead atoms. The van der Waals surface area contributed by atoms with Crippen molar-refractivity contribution in [2.45, 2.75) is 77.2 Å². The van der Waals surface area contributed by atoms with Crippen molar-refractivity contribution in [1.82, 2.24) is 0 Å². The van der Waals surface area contributed by atoms with Crippen LogP contribution in [0.3, 0.4) is 0 Å². The number of carbonyl (C=O) groups is 2. The van der Waals surface area contributed by atoms with Crippen molar-refractivity contribution in [2.24, 2.45) is 0 Å². The standard InChI is InChI=1S/C15H28O8S.Na.H/c1-2-3-4-5-6-7-8-9-10-11-14(18)22-24(20,21)23-15(19)13(17)12-16;;/h13,16-17H,2-12H2,1H3;;. The molecule has 0 fully saturated rings. The Morgan fingerprint density at radius 2 is 1.40 bits per heavy atom. The molecule has 144 valence electrons. The first-order valence-corrected chi connectivity index (χ1v) is 9.65.